The molecule has 6 heteroatoms. The number of aliphatic hydroxyl groups excluding tert-OH is 1. The molecule has 0 saturated carbocycles. The maximum atomic E-state index is 10.2. The van der Waals surface area contributed by atoms with Gasteiger partial charge in [0.05, 0.1) is 5.75 Å². The van der Waals surface area contributed by atoms with Gasteiger partial charge in [-0.05, 0) is 6.42 Å². The van der Waals surface area contributed by atoms with Crippen molar-refractivity contribution in [1.82, 2.24) is 0 Å². The molecular weight excluding hydrogens is 184 g/mol. The van der Waals surface area contributed by atoms with Crippen molar-refractivity contribution in [3.05, 3.63) is 0 Å². The largest absolute Gasteiger partial charge is 0.368 e. The van der Waals surface area contributed by atoms with E-state index in [-0.39, 0.29) is 6.42 Å². The summed E-state index contributed by atoms with van der Waals surface area (Å²) >= 11 is 0. The van der Waals surface area contributed by atoms with E-state index in [1.807, 2.05) is 6.92 Å². The highest BCUT2D eigenvalue weighted by Gasteiger charge is 2.10. The lowest BCUT2D eigenvalue weighted by Crippen LogP contribution is -2.17. The van der Waals surface area contributed by atoms with Crippen LogP contribution in [-0.2, 0) is 14.9 Å². The Morgan fingerprint density at radius 1 is 1.50 bits per heavy atom. The predicted molar refractivity (Wildman–Crippen MR) is 43.3 cm³/mol. The number of aliphatic hydroxyl groups is 1. The van der Waals surface area contributed by atoms with Crippen molar-refractivity contribution in [2.75, 3.05) is 12.4 Å². The van der Waals surface area contributed by atoms with Crippen molar-refractivity contribution in [3.63, 3.8) is 0 Å². The molecule has 0 fully saturated rings. The first kappa shape index (κ1) is 11.8. The fourth-order valence-electron chi connectivity index (χ4n) is 0.587. The molecule has 0 bridgehead atoms. The van der Waals surface area contributed by atoms with Crippen LogP contribution in [-0.4, -0.2) is 36.7 Å². The summed E-state index contributed by atoms with van der Waals surface area (Å²) in [5.41, 5.74) is 0. The molecule has 1 unspecified atom stereocenters. The minimum absolute atomic E-state index is 0.0984. The summed E-state index contributed by atoms with van der Waals surface area (Å²) in [6.45, 7) is 2.25. The second-order valence-electron chi connectivity index (χ2n) is 2.40. The second kappa shape index (κ2) is 5.47. The highest BCUT2D eigenvalue weighted by Crippen LogP contribution is 1.98. The quantitative estimate of drug-likeness (QED) is 0.464. The molecule has 12 heavy (non-hydrogen) atoms. The third kappa shape index (κ3) is 7.93. The van der Waals surface area contributed by atoms with Crippen LogP contribution in [0.5, 0.6) is 0 Å². The van der Waals surface area contributed by atoms with Gasteiger partial charge in [0.2, 0.25) is 0 Å². The Morgan fingerprint density at radius 3 is 2.50 bits per heavy atom. The fraction of sp³-hybridized carbons (Fsp3) is 1.00. The summed E-state index contributed by atoms with van der Waals surface area (Å²) in [7, 11) is -3.98. The van der Waals surface area contributed by atoms with Crippen molar-refractivity contribution < 1.29 is 22.8 Å². The van der Waals surface area contributed by atoms with Gasteiger partial charge in [-0.15, -0.1) is 0 Å². The van der Waals surface area contributed by atoms with Gasteiger partial charge in [0.25, 0.3) is 10.1 Å². The molecule has 0 heterocycles. The minimum Gasteiger partial charge on any atom is -0.368 e. The summed E-state index contributed by atoms with van der Waals surface area (Å²) in [6, 6.07) is 0. The first-order valence-electron chi connectivity index (χ1n) is 3.70. The van der Waals surface area contributed by atoms with Crippen LogP contribution in [0, 0.1) is 0 Å². The number of hydrogen-bond acceptors (Lipinski definition) is 4. The normalized spacial score (nSPS) is 14.6. The molecule has 5 nitrogen and oxygen atoms in total. The zero-order chi connectivity index (χ0) is 9.61. The zero-order valence-corrected chi connectivity index (χ0v) is 7.75. The summed E-state index contributed by atoms with van der Waals surface area (Å²) in [4.78, 5) is 0. The van der Waals surface area contributed by atoms with Crippen molar-refractivity contribution >= 4 is 10.1 Å². The summed E-state index contributed by atoms with van der Waals surface area (Å²) in [5, 5.41) is 8.95. The maximum Gasteiger partial charge on any atom is 0.265 e. The molecule has 1 atom stereocenters. The Hall–Kier alpha value is -0.170. The van der Waals surface area contributed by atoms with E-state index in [4.69, 9.17) is 14.4 Å². The number of rotatable bonds is 6. The van der Waals surface area contributed by atoms with E-state index in [1.54, 1.807) is 0 Å². The van der Waals surface area contributed by atoms with Crippen LogP contribution in [0.15, 0.2) is 0 Å². The molecule has 0 aliphatic heterocycles. The van der Waals surface area contributed by atoms with Gasteiger partial charge in [-0.3, -0.25) is 4.55 Å². The fourth-order valence-corrected chi connectivity index (χ4v) is 1.09. The molecule has 0 aliphatic rings. The number of ether oxygens (including phenoxy) is 1. The van der Waals surface area contributed by atoms with Gasteiger partial charge in [0, 0.05) is 13.0 Å². The molecule has 0 amide bonds. The van der Waals surface area contributed by atoms with Gasteiger partial charge in [-0.1, -0.05) is 6.92 Å². The predicted octanol–water partition coefficient (Wildman–Crippen LogP) is 0.00930. The van der Waals surface area contributed by atoms with E-state index in [1.165, 1.54) is 0 Å². The van der Waals surface area contributed by atoms with E-state index in [0.717, 1.165) is 6.42 Å². The first-order valence-corrected chi connectivity index (χ1v) is 5.31. The van der Waals surface area contributed by atoms with Crippen LogP contribution in [0.4, 0.5) is 0 Å². The van der Waals surface area contributed by atoms with Crippen LogP contribution in [0.1, 0.15) is 19.8 Å². The van der Waals surface area contributed by atoms with Crippen molar-refractivity contribution in [3.8, 4) is 0 Å². The van der Waals surface area contributed by atoms with Crippen LogP contribution >= 0.6 is 0 Å². The van der Waals surface area contributed by atoms with Gasteiger partial charge in [0.1, 0.15) is 0 Å². The molecule has 0 spiro atoms. The summed E-state index contributed by atoms with van der Waals surface area (Å²) in [6.07, 6.45) is -0.450. The van der Waals surface area contributed by atoms with Gasteiger partial charge in [0.15, 0.2) is 6.29 Å². The molecule has 0 radical (unpaired) electrons. The molecule has 0 rings (SSSR count). The lowest BCUT2D eigenvalue weighted by atomic mass is 10.4. The minimum atomic E-state index is -3.98. The van der Waals surface area contributed by atoms with E-state index in [0.29, 0.717) is 6.61 Å². The Kier molecular flexibility index (Phi) is 5.39. The third-order valence-electron chi connectivity index (χ3n) is 1.14. The molecule has 74 valence electrons. The molecule has 0 aromatic rings. The Morgan fingerprint density at radius 2 is 2.08 bits per heavy atom. The standard InChI is InChI=1S/C6H14O5S/c1-2-4-11-6(7)3-5-12(8,9)10/h6-7H,2-5H2,1H3,(H,8,9,10). The molecule has 0 aliphatic carbocycles. The number of hydrogen-bond donors (Lipinski definition) is 2. The molecule has 0 aromatic carbocycles. The van der Waals surface area contributed by atoms with Crippen molar-refractivity contribution in [2.24, 2.45) is 0 Å². The van der Waals surface area contributed by atoms with E-state index < -0.39 is 22.2 Å². The topological polar surface area (TPSA) is 83.8 Å². The highest BCUT2D eigenvalue weighted by molar-refractivity contribution is 7.85. The SMILES string of the molecule is CCCOC(O)CCS(=O)(=O)O. The smallest absolute Gasteiger partial charge is 0.265 e. The lowest BCUT2D eigenvalue weighted by molar-refractivity contribution is -0.0993. The van der Waals surface area contributed by atoms with Gasteiger partial charge in [-0.25, -0.2) is 0 Å². The van der Waals surface area contributed by atoms with Gasteiger partial charge < -0.3 is 9.84 Å². The summed E-state index contributed by atoms with van der Waals surface area (Å²) in [5.74, 6) is -0.474. The van der Waals surface area contributed by atoms with E-state index in [9.17, 15) is 8.42 Å². The van der Waals surface area contributed by atoms with Gasteiger partial charge >= 0.3 is 0 Å². The Balaban J connectivity index is 3.51. The maximum absolute atomic E-state index is 10.2. The molecule has 0 aromatic heterocycles. The van der Waals surface area contributed by atoms with Crippen LogP contribution in [0.25, 0.3) is 0 Å². The first-order chi connectivity index (χ1) is 5.45. The van der Waals surface area contributed by atoms with E-state index >= 15 is 0 Å². The Bertz CT molecular complexity index is 198. The van der Waals surface area contributed by atoms with Crippen molar-refractivity contribution in [1.29, 1.82) is 0 Å². The second-order valence-corrected chi connectivity index (χ2v) is 3.97. The molecule has 2 N–H and O–H groups in total. The van der Waals surface area contributed by atoms with Crippen LogP contribution in [0.3, 0.4) is 0 Å². The van der Waals surface area contributed by atoms with Crippen LogP contribution in [0.2, 0.25) is 0 Å². The monoisotopic (exact) mass is 198 g/mol. The lowest BCUT2D eigenvalue weighted by Gasteiger charge is -2.09. The highest BCUT2D eigenvalue weighted by atomic mass is 32.2. The third-order valence-corrected chi connectivity index (χ3v) is 1.89. The van der Waals surface area contributed by atoms with Crippen molar-refractivity contribution in [2.45, 2.75) is 26.1 Å². The molecule has 0 saturated heterocycles. The average molecular weight is 198 g/mol. The molecular formula is C6H14O5S. The zero-order valence-electron chi connectivity index (χ0n) is 6.93. The summed E-state index contributed by atoms with van der Waals surface area (Å²) < 4.78 is 33.5. The van der Waals surface area contributed by atoms with Crippen LogP contribution < -0.4 is 0 Å². The Labute approximate surface area is 72.1 Å². The van der Waals surface area contributed by atoms with Gasteiger partial charge in [-0.2, -0.15) is 8.42 Å². The van der Waals surface area contributed by atoms with E-state index in [2.05, 4.69) is 0 Å². The average Bonchev–Trinajstić information content (AvgIpc) is 1.95.